The summed E-state index contributed by atoms with van der Waals surface area (Å²) in [5.74, 6) is 0.674. The molecule has 1 fully saturated rings. The highest BCUT2D eigenvalue weighted by Gasteiger charge is 2.23. The molecule has 0 bridgehead atoms. The standard InChI is InChI=1S/C12H12F2O3/c13-12(14)17-11-5-9(6-15)3-4-10(11)16-7-8-1-2-8/h3-6,8,12H,1-2,7H2. The van der Waals surface area contributed by atoms with E-state index in [0.29, 0.717) is 18.8 Å². The third-order valence-electron chi connectivity index (χ3n) is 2.49. The van der Waals surface area contributed by atoms with E-state index < -0.39 is 6.61 Å². The van der Waals surface area contributed by atoms with Gasteiger partial charge in [-0.25, -0.2) is 0 Å². The van der Waals surface area contributed by atoms with Gasteiger partial charge in [-0.15, -0.1) is 0 Å². The van der Waals surface area contributed by atoms with Gasteiger partial charge in [0.15, 0.2) is 11.5 Å². The number of ether oxygens (including phenoxy) is 2. The molecule has 17 heavy (non-hydrogen) atoms. The first kappa shape index (κ1) is 11.8. The molecular formula is C12H12F2O3. The number of halogens is 2. The zero-order valence-corrected chi connectivity index (χ0v) is 9.07. The van der Waals surface area contributed by atoms with Crippen molar-refractivity contribution in [2.45, 2.75) is 19.5 Å². The lowest BCUT2D eigenvalue weighted by Gasteiger charge is -2.12. The molecular weight excluding hydrogens is 230 g/mol. The number of carbonyl (C=O) groups excluding carboxylic acids is 1. The Kier molecular flexibility index (Phi) is 3.56. The zero-order chi connectivity index (χ0) is 12.3. The van der Waals surface area contributed by atoms with E-state index in [4.69, 9.17) is 4.74 Å². The van der Waals surface area contributed by atoms with Crippen molar-refractivity contribution < 1.29 is 23.0 Å². The highest BCUT2D eigenvalue weighted by Crippen LogP contribution is 2.33. The maximum atomic E-state index is 12.2. The topological polar surface area (TPSA) is 35.5 Å². The largest absolute Gasteiger partial charge is 0.489 e. The van der Waals surface area contributed by atoms with Crippen LogP contribution in [0.2, 0.25) is 0 Å². The maximum Gasteiger partial charge on any atom is 0.387 e. The molecule has 1 aromatic carbocycles. The van der Waals surface area contributed by atoms with Gasteiger partial charge in [0, 0.05) is 5.56 Å². The summed E-state index contributed by atoms with van der Waals surface area (Å²) in [7, 11) is 0. The molecule has 0 atom stereocenters. The minimum atomic E-state index is -2.93. The second-order valence-corrected chi connectivity index (χ2v) is 3.96. The van der Waals surface area contributed by atoms with Crippen LogP contribution < -0.4 is 9.47 Å². The smallest absolute Gasteiger partial charge is 0.387 e. The van der Waals surface area contributed by atoms with Gasteiger partial charge in [-0.3, -0.25) is 4.79 Å². The molecule has 1 saturated carbocycles. The summed E-state index contributed by atoms with van der Waals surface area (Å²) in [4.78, 5) is 10.5. The Morgan fingerprint density at radius 2 is 2.12 bits per heavy atom. The van der Waals surface area contributed by atoms with Gasteiger partial charge in [-0.05, 0) is 37.0 Å². The molecule has 0 spiro atoms. The van der Waals surface area contributed by atoms with Gasteiger partial charge in [-0.2, -0.15) is 8.78 Å². The first-order valence-electron chi connectivity index (χ1n) is 5.36. The fraction of sp³-hybridized carbons (Fsp3) is 0.417. The van der Waals surface area contributed by atoms with Crippen molar-refractivity contribution in [2.75, 3.05) is 6.61 Å². The highest BCUT2D eigenvalue weighted by molar-refractivity contribution is 5.76. The number of hydrogen-bond acceptors (Lipinski definition) is 3. The molecule has 0 saturated heterocycles. The van der Waals surface area contributed by atoms with Crippen LogP contribution in [0.15, 0.2) is 18.2 Å². The average Bonchev–Trinajstić information content (AvgIpc) is 3.10. The fourth-order valence-electron chi connectivity index (χ4n) is 1.40. The normalized spacial score (nSPS) is 14.8. The van der Waals surface area contributed by atoms with Gasteiger partial charge in [0.25, 0.3) is 0 Å². The van der Waals surface area contributed by atoms with Gasteiger partial charge < -0.3 is 9.47 Å². The van der Waals surface area contributed by atoms with Crippen LogP contribution in [0.1, 0.15) is 23.2 Å². The first-order valence-corrected chi connectivity index (χ1v) is 5.36. The van der Waals surface area contributed by atoms with Crippen LogP contribution >= 0.6 is 0 Å². The van der Waals surface area contributed by atoms with Gasteiger partial charge in [0.2, 0.25) is 0 Å². The van der Waals surface area contributed by atoms with Crippen LogP contribution in [0, 0.1) is 5.92 Å². The van der Waals surface area contributed by atoms with E-state index in [-0.39, 0.29) is 17.1 Å². The van der Waals surface area contributed by atoms with Gasteiger partial charge in [0.1, 0.15) is 6.29 Å². The Labute approximate surface area is 97.3 Å². The number of rotatable bonds is 6. The predicted molar refractivity (Wildman–Crippen MR) is 56.7 cm³/mol. The SMILES string of the molecule is O=Cc1ccc(OCC2CC2)c(OC(F)F)c1. The third kappa shape index (κ3) is 3.41. The number of alkyl halides is 2. The van der Waals surface area contributed by atoms with Crippen LogP contribution in [0.3, 0.4) is 0 Å². The number of aldehydes is 1. The van der Waals surface area contributed by atoms with Crippen LogP contribution in [0.25, 0.3) is 0 Å². The van der Waals surface area contributed by atoms with E-state index in [0.717, 1.165) is 12.8 Å². The Morgan fingerprint density at radius 3 is 2.71 bits per heavy atom. The minimum absolute atomic E-state index is 0.0924. The van der Waals surface area contributed by atoms with Crippen LogP contribution in [-0.4, -0.2) is 19.5 Å². The molecule has 0 unspecified atom stereocenters. The van der Waals surface area contributed by atoms with E-state index in [2.05, 4.69) is 4.74 Å². The molecule has 0 N–H and O–H groups in total. The third-order valence-corrected chi connectivity index (χ3v) is 2.49. The number of benzene rings is 1. The van der Waals surface area contributed by atoms with Gasteiger partial charge >= 0.3 is 6.61 Å². The molecule has 5 heteroatoms. The van der Waals surface area contributed by atoms with Crippen molar-refractivity contribution in [1.82, 2.24) is 0 Å². The molecule has 2 rings (SSSR count). The summed E-state index contributed by atoms with van der Waals surface area (Å²) in [5, 5.41) is 0. The Morgan fingerprint density at radius 1 is 1.35 bits per heavy atom. The van der Waals surface area contributed by atoms with Crippen molar-refractivity contribution >= 4 is 6.29 Å². The summed E-state index contributed by atoms with van der Waals surface area (Å²) in [6.45, 7) is -2.43. The molecule has 3 nitrogen and oxygen atoms in total. The van der Waals surface area contributed by atoms with Gasteiger partial charge in [-0.1, -0.05) is 0 Å². The summed E-state index contributed by atoms with van der Waals surface area (Å²) < 4.78 is 34.1. The van der Waals surface area contributed by atoms with Crippen molar-refractivity contribution in [3.05, 3.63) is 23.8 Å². The van der Waals surface area contributed by atoms with Crippen molar-refractivity contribution in [1.29, 1.82) is 0 Å². The first-order chi connectivity index (χ1) is 8.19. The lowest BCUT2D eigenvalue weighted by atomic mass is 10.2. The van der Waals surface area contributed by atoms with Gasteiger partial charge in [0.05, 0.1) is 6.61 Å². The minimum Gasteiger partial charge on any atom is -0.489 e. The molecule has 1 aliphatic carbocycles. The molecule has 1 aromatic rings. The van der Waals surface area contributed by atoms with Crippen molar-refractivity contribution in [3.8, 4) is 11.5 Å². The monoisotopic (exact) mass is 242 g/mol. The second kappa shape index (κ2) is 5.12. The Hall–Kier alpha value is -1.65. The molecule has 92 valence electrons. The molecule has 0 heterocycles. The van der Waals surface area contributed by atoms with Crippen LogP contribution in [-0.2, 0) is 0 Å². The summed E-state index contributed by atoms with van der Waals surface area (Å²) in [5.41, 5.74) is 0.277. The van der Waals surface area contributed by atoms with E-state index in [1.807, 2.05) is 0 Å². The fourth-order valence-corrected chi connectivity index (χ4v) is 1.40. The van der Waals surface area contributed by atoms with Crippen molar-refractivity contribution in [3.63, 3.8) is 0 Å². The predicted octanol–water partition coefficient (Wildman–Crippen LogP) is 2.89. The lowest BCUT2D eigenvalue weighted by molar-refractivity contribution is -0.0515. The zero-order valence-electron chi connectivity index (χ0n) is 9.07. The van der Waals surface area contributed by atoms with E-state index in [9.17, 15) is 13.6 Å². The molecule has 0 aliphatic heterocycles. The summed E-state index contributed by atoms with van der Waals surface area (Å²) in [6, 6.07) is 4.23. The molecule has 1 aliphatic rings. The number of hydrogen-bond donors (Lipinski definition) is 0. The Balaban J connectivity index is 2.12. The highest BCUT2D eigenvalue weighted by atomic mass is 19.3. The number of carbonyl (C=O) groups is 1. The maximum absolute atomic E-state index is 12.2. The van der Waals surface area contributed by atoms with E-state index in [1.165, 1.54) is 18.2 Å². The summed E-state index contributed by atoms with van der Waals surface area (Å²) in [6.07, 6.45) is 2.79. The lowest BCUT2D eigenvalue weighted by Crippen LogP contribution is -2.06. The molecule has 0 aromatic heterocycles. The van der Waals surface area contributed by atoms with E-state index >= 15 is 0 Å². The van der Waals surface area contributed by atoms with Crippen LogP contribution in [0.4, 0.5) is 8.78 Å². The van der Waals surface area contributed by atoms with Crippen molar-refractivity contribution in [2.24, 2.45) is 5.92 Å². The van der Waals surface area contributed by atoms with E-state index in [1.54, 1.807) is 0 Å². The Bertz CT molecular complexity index is 403. The summed E-state index contributed by atoms with van der Waals surface area (Å²) >= 11 is 0. The quantitative estimate of drug-likeness (QED) is 0.719. The average molecular weight is 242 g/mol. The van der Waals surface area contributed by atoms with Crippen LogP contribution in [0.5, 0.6) is 11.5 Å². The molecule has 0 amide bonds. The second-order valence-electron chi connectivity index (χ2n) is 3.96. The molecule has 0 radical (unpaired) electrons.